The van der Waals surface area contributed by atoms with Crippen LogP contribution in [0.4, 0.5) is 0 Å². The SMILES string of the molecule is O=C(O)CC1CCN(CC=Cc2ccccc2)CC1. The smallest absolute Gasteiger partial charge is 0.303 e. The third kappa shape index (κ3) is 4.87. The van der Waals surface area contributed by atoms with E-state index >= 15 is 0 Å². The fourth-order valence-corrected chi connectivity index (χ4v) is 2.52. The van der Waals surface area contributed by atoms with Gasteiger partial charge in [-0.3, -0.25) is 9.69 Å². The van der Waals surface area contributed by atoms with Crippen molar-refractivity contribution in [1.29, 1.82) is 0 Å². The predicted octanol–water partition coefficient (Wildman–Crippen LogP) is 2.89. The van der Waals surface area contributed by atoms with Crippen molar-refractivity contribution in [1.82, 2.24) is 4.90 Å². The molecule has 1 aliphatic heterocycles. The standard InChI is InChI=1S/C16H21NO2/c18-16(19)13-15-8-11-17(12-9-15)10-4-7-14-5-2-1-3-6-14/h1-7,15H,8-13H2,(H,18,19). The summed E-state index contributed by atoms with van der Waals surface area (Å²) >= 11 is 0. The van der Waals surface area contributed by atoms with Crippen LogP contribution in [-0.2, 0) is 4.79 Å². The van der Waals surface area contributed by atoms with Crippen molar-refractivity contribution in [3.8, 4) is 0 Å². The quantitative estimate of drug-likeness (QED) is 0.884. The summed E-state index contributed by atoms with van der Waals surface area (Å²) in [4.78, 5) is 13.0. The van der Waals surface area contributed by atoms with Crippen LogP contribution in [0, 0.1) is 5.92 Å². The number of rotatable bonds is 5. The first-order valence-electron chi connectivity index (χ1n) is 6.90. The number of likely N-dealkylation sites (tertiary alicyclic amines) is 1. The lowest BCUT2D eigenvalue weighted by Gasteiger charge is -2.30. The summed E-state index contributed by atoms with van der Waals surface area (Å²) in [6, 6.07) is 10.3. The number of carboxylic acid groups (broad SMARTS) is 1. The number of nitrogens with zero attached hydrogens (tertiary/aromatic N) is 1. The van der Waals surface area contributed by atoms with E-state index in [1.807, 2.05) is 18.2 Å². The van der Waals surface area contributed by atoms with E-state index in [4.69, 9.17) is 5.11 Å². The van der Waals surface area contributed by atoms with Crippen LogP contribution in [0.5, 0.6) is 0 Å². The Bertz CT molecular complexity index is 420. The van der Waals surface area contributed by atoms with Crippen molar-refractivity contribution in [2.75, 3.05) is 19.6 Å². The lowest BCUT2D eigenvalue weighted by molar-refractivity contribution is -0.138. The second-order valence-electron chi connectivity index (χ2n) is 5.15. The minimum Gasteiger partial charge on any atom is -0.481 e. The van der Waals surface area contributed by atoms with Gasteiger partial charge in [0.2, 0.25) is 0 Å². The van der Waals surface area contributed by atoms with Gasteiger partial charge in [0.05, 0.1) is 0 Å². The van der Waals surface area contributed by atoms with Crippen LogP contribution in [0.25, 0.3) is 6.08 Å². The van der Waals surface area contributed by atoms with Crippen LogP contribution in [-0.4, -0.2) is 35.6 Å². The summed E-state index contributed by atoms with van der Waals surface area (Å²) < 4.78 is 0. The van der Waals surface area contributed by atoms with Gasteiger partial charge in [-0.05, 0) is 37.4 Å². The first-order valence-corrected chi connectivity index (χ1v) is 6.90. The van der Waals surface area contributed by atoms with Gasteiger partial charge in [-0.2, -0.15) is 0 Å². The predicted molar refractivity (Wildman–Crippen MR) is 76.9 cm³/mol. The molecule has 3 nitrogen and oxygen atoms in total. The van der Waals surface area contributed by atoms with E-state index in [0.717, 1.165) is 32.5 Å². The monoisotopic (exact) mass is 259 g/mol. The highest BCUT2D eigenvalue weighted by atomic mass is 16.4. The Labute approximate surface area is 114 Å². The number of hydrogen-bond donors (Lipinski definition) is 1. The van der Waals surface area contributed by atoms with Gasteiger partial charge >= 0.3 is 5.97 Å². The molecule has 0 bridgehead atoms. The number of piperidine rings is 1. The zero-order valence-corrected chi connectivity index (χ0v) is 11.2. The van der Waals surface area contributed by atoms with Crippen LogP contribution in [0.2, 0.25) is 0 Å². The average Bonchev–Trinajstić information content (AvgIpc) is 2.41. The third-order valence-corrected chi connectivity index (χ3v) is 3.64. The molecule has 1 N–H and O–H groups in total. The topological polar surface area (TPSA) is 40.5 Å². The molecule has 1 saturated heterocycles. The highest BCUT2D eigenvalue weighted by molar-refractivity contribution is 5.67. The first-order chi connectivity index (χ1) is 9.24. The fourth-order valence-electron chi connectivity index (χ4n) is 2.52. The molecule has 0 unspecified atom stereocenters. The van der Waals surface area contributed by atoms with E-state index < -0.39 is 5.97 Å². The molecule has 0 aliphatic carbocycles. The largest absolute Gasteiger partial charge is 0.481 e. The summed E-state index contributed by atoms with van der Waals surface area (Å²) in [7, 11) is 0. The summed E-state index contributed by atoms with van der Waals surface area (Å²) in [5.74, 6) is -0.297. The maximum absolute atomic E-state index is 10.7. The number of benzene rings is 1. The molecule has 1 fully saturated rings. The average molecular weight is 259 g/mol. The lowest BCUT2D eigenvalue weighted by Crippen LogP contribution is -2.34. The summed E-state index contributed by atoms with van der Waals surface area (Å²) in [5, 5.41) is 8.77. The molecule has 0 radical (unpaired) electrons. The molecule has 0 amide bonds. The maximum Gasteiger partial charge on any atom is 0.303 e. The maximum atomic E-state index is 10.7. The zero-order valence-electron chi connectivity index (χ0n) is 11.2. The fraction of sp³-hybridized carbons (Fsp3) is 0.438. The van der Waals surface area contributed by atoms with Gasteiger partial charge in [0.25, 0.3) is 0 Å². The van der Waals surface area contributed by atoms with Crippen molar-refractivity contribution in [2.45, 2.75) is 19.3 Å². The number of aliphatic carboxylic acids is 1. The van der Waals surface area contributed by atoms with Crippen molar-refractivity contribution in [2.24, 2.45) is 5.92 Å². The van der Waals surface area contributed by atoms with E-state index in [9.17, 15) is 4.79 Å². The van der Waals surface area contributed by atoms with E-state index in [1.165, 1.54) is 5.56 Å². The third-order valence-electron chi connectivity index (χ3n) is 3.64. The lowest BCUT2D eigenvalue weighted by atomic mass is 9.94. The molecule has 1 aromatic carbocycles. The van der Waals surface area contributed by atoms with Crippen LogP contribution in [0.15, 0.2) is 36.4 Å². The molecular formula is C16H21NO2. The molecule has 2 rings (SSSR count). The molecule has 0 aromatic heterocycles. The van der Waals surface area contributed by atoms with Crippen molar-refractivity contribution in [3.63, 3.8) is 0 Å². The summed E-state index contributed by atoms with van der Waals surface area (Å²) in [5.41, 5.74) is 1.23. The number of hydrogen-bond acceptors (Lipinski definition) is 2. The van der Waals surface area contributed by atoms with E-state index in [-0.39, 0.29) is 0 Å². The minimum atomic E-state index is -0.664. The highest BCUT2D eigenvalue weighted by Gasteiger charge is 2.20. The Hall–Kier alpha value is -1.61. The molecule has 0 atom stereocenters. The van der Waals surface area contributed by atoms with Gasteiger partial charge in [-0.25, -0.2) is 0 Å². The molecule has 1 heterocycles. The Morgan fingerprint density at radius 1 is 1.26 bits per heavy atom. The normalized spacial score (nSPS) is 17.9. The first kappa shape index (κ1) is 13.8. The Morgan fingerprint density at radius 2 is 1.95 bits per heavy atom. The van der Waals surface area contributed by atoms with Crippen LogP contribution >= 0.6 is 0 Å². The van der Waals surface area contributed by atoms with Gasteiger partial charge in [0, 0.05) is 13.0 Å². The van der Waals surface area contributed by atoms with Crippen LogP contribution in [0.1, 0.15) is 24.8 Å². The second-order valence-corrected chi connectivity index (χ2v) is 5.15. The Morgan fingerprint density at radius 3 is 2.58 bits per heavy atom. The molecule has 19 heavy (non-hydrogen) atoms. The molecule has 0 saturated carbocycles. The highest BCUT2D eigenvalue weighted by Crippen LogP contribution is 2.20. The van der Waals surface area contributed by atoms with Crippen LogP contribution < -0.4 is 0 Å². The molecule has 1 aromatic rings. The van der Waals surface area contributed by atoms with Gasteiger partial charge in [0.15, 0.2) is 0 Å². The van der Waals surface area contributed by atoms with Crippen molar-refractivity contribution < 1.29 is 9.90 Å². The molecular weight excluding hydrogens is 238 g/mol. The summed E-state index contributed by atoms with van der Waals surface area (Å²) in [6.07, 6.45) is 6.67. The Kier molecular flexibility index (Phi) is 5.16. The van der Waals surface area contributed by atoms with E-state index in [0.29, 0.717) is 12.3 Å². The minimum absolute atomic E-state index is 0.327. The van der Waals surface area contributed by atoms with Gasteiger partial charge in [0.1, 0.15) is 0 Å². The number of carboxylic acids is 1. The van der Waals surface area contributed by atoms with Gasteiger partial charge < -0.3 is 5.11 Å². The Balaban J connectivity index is 1.71. The zero-order chi connectivity index (χ0) is 13.5. The van der Waals surface area contributed by atoms with Gasteiger partial charge in [-0.15, -0.1) is 0 Å². The van der Waals surface area contributed by atoms with Crippen molar-refractivity contribution >= 4 is 12.0 Å². The van der Waals surface area contributed by atoms with Crippen LogP contribution in [0.3, 0.4) is 0 Å². The van der Waals surface area contributed by atoms with E-state index in [2.05, 4.69) is 29.2 Å². The number of carbonyl (C=O) groups is 1. The molecule has 3 heteroatoms. The van der Waals surface area contributed by atoms with E-state index in [1.54, 1.807) is 0 Å². The van der Waals surface area contributed by atoms with Crippen molar-refractivity contribution in [3.05, 3.63) is 42.0 Å². The second kappa shape index (κ2) is 7.10. The van der Waals surface area contributed by atoms with Gasteiger partial charge in [-0.1, -0.05) is 42.5 Å². The molecule has 1 aliphatic rings. The molecule has 0 spiro atoms. The molecule has 102 valence electrons. The summed E-state index contributed by atoms with van der Waals surface area (Å²) in [6.45, 7) is 2.98.